The van der Waals surface area contributed by atoms with Crippen LogP contribution in [-0.4, -0.2) is 15.6 Å². The molecule has 0 radical (unpaired) electrons. The van der Waals surface area contributed by atoms with Crippen molar-refractivity contribution < 1.29 is 0 Å². The Hall–Kier alpha value is -1.94. The van der Waals surface area contributed by atoms with Crippen LogP contribution in [0.25, 0.3) is 16.9 Å². The van der Waals surface area contributed by atoms with E-state index in [0.29, 0.717) is 11.8 Å². The molecule has 3 heterocycles. The molecule has 3 nitrogen and oxygen atoms in total. The quantitative estimate of drug-likeness (QED) is 0.578. The maximum absolute atomic E-state index is 4.85. The molecule has 1 aromatic carbocycles. The summed E-state index contributed by atoms with van der Waals surface area (Å²) in [5.74, 6) is 1.83. The third-order valence-electron chi connectivity index (χ3n) is 4.65. The van der Waals surface area contributed by atoms with Gasteiger partial charge in [-0.2, -0.15) is 0 Å². The van der Waals surface area contributed by atoms with Gasteiger partial charge in [-0.05, 0) is 36.6 Å². The van der Waals surface area contributed by atoms with E-state index >= 15 is 0 Å². The molecule has 116 valence electrons. The molecule has 0 saturated heterocycles. The second-order valence-corrected chi connectivity index (χ2v) is 7.00. The zero-order valence-corrected chi connectivity index (χ0v) is 14.8. The maximum Gasteiger partial charge on any atom is 0.165 e. The topological polar surface area (TPSA) is 29.7 Å². The molecule has 2 aromatic heterocycles. The molecule has 2 atom stereocenters. The van der Waals surface area contributed by atoms with E-state index in [4.69, 9.17) is 9.98 Å². The number of hydrogen-bond acceptors (Lipinski definition) is 2. The fraction of sp³-hybridized carbons (Fsp3) is 0.263. The van der Waals surface area contributed by atoms with Crippen molar-refractivity contribution in [3.8, 4) is 11.3 Å². The molecular formula is C19H18BrN3. The number of nitrogens with zero attached hydrogens (tertiary/aromatic N) is 3. The molecule has 0 unspecified atom stereocenters. The van der Waals surface area contributed by atoms with E-state index in [1.54, 1.807) is 0 Å². The Balaban J connectivity index is 2.02. The molecule has 0 fully saturated rings. The minimum Gasteiger partial charge on any atom is -0.281 e. The lowest BCUT2D eigenvalue weighted by molar-refractivity contribution is 0.551. The molecule has 0 N–H and O–H groups in total. The summed E-state index contributed by atoms with van der Waals surface area (Å²) >= 11 is 3.49. The number of rotatable bonds is 2. The van der Waals surface area contributed by atoms with Crippen molar-refractivity contribution in [2.24, 2.45) is 10.9 Å². The predicted octanol–water partition coefficient (Wildman–Crippen LogP) is 5.61. The van der Waals surface area contributed by atoms with Crippen molar-refractivity contribution in [2.45, 2.75) is 26.2 Å². The summed E-state index contributed by atoms with van der Waals surface area (Å²) in [4.78, 5) is 9.66. The van der Waals surface area contributed by atoms with Crippen LogP contribution in [0.2, 0.25) is 0 Å². The molecule has 0 amide bonds. The van der Waals surface area contributed by atoms with E-state index in [1.807, 2.05) is 12.1 Å². The molecule has 0 spiro atoms. The van der Waals surface area contributed by atoms with Gasteiger partial charge < -0.3 is 0 Å². The highest BCUT2D eigenvalue weighted by molar-refractivity contribution is 9.10. The van der Waals surface area contributed by atoms with Crippen molar-refractivity contribution in [3.63, 3.8) is 0 Å². The van der Waals surface area contributed by atoms with Crippen LogP contribution in [0.3, 0.4) is 0 Å². The third-order valence-corrected chi connectivity index (χ3v) is 5.18. The molecule has 0 aliphatic carbocycles. The number of aliphatic imine (C=N–C) groups is 1. The van der Waals surface area contributed by atoms with Crippen molar-refractivity contribution in [1.82, 2.24) is 9.38 Å². The Morgan fingerprint density at radius 1 is 1.13 bits per heavy atom. The third kappa shape index (κ3) is 2.32. The molecule has 23 heavy (non-hydrogen) atoms. The predicted molar refractivity (Wildman–Crippen MR) is 98.7 cm³/mol. The smallest absolute Gasteiger partial charge is 0.165 e. The first-order valence-corrected chi connectivity index (χ1v) is 8.80. The number of benzene rings is 1. The van der Waals surface area contributed by atoms with Gasteiger partial charge in [0.25, 0.3) is 0 Å². The lowest BCUT2D eigenvalue weighted by atomic mass is 9.89. The van der Waals surface area contributed by atoms with E-state index in [-0.39, 0.29) is 0 Å². The summed E-state index contributed by atoms with van der Waals surface area (Å²) in [5.41, 5.74) is 4.32. The fourth-order valence-electron chi connectivity index (χ4n) is 3.45. The summed E-state index contributed by atoms with van der Waals surface area (Å²) < 4.78 is 3.30. The zero-order chi connectivity index (χ0) is 16.0. The molecule has 1 aliphatic rings. The molecule has 4 heteroatoms. The van der Waals surface area contributed by atoms with Gasteiger partial charge in [0.1, 0.15) is 11.3 Å². The Morgan fingerprint density at radius 3 is 2.65 bits per heavy atom. The molecule has 3 aromatic rings. The van der Waals surface area contributed by atoms with Crippen LogP contribution in [-0.2, 0) is 0 Å². The number of aromatic nitrogens is 2. The highest BCUT2D eigenvalue weighted by atomic mass is 79.9. The van der Waals surface area contributed by atoms with Gasteiger partial charge in [-0.15, -0.1) is 0 Å². The van der Waals surface area contributed by atoms with Gasteiger partial charge in [-0.1, -0.05) is 48.0 Å². The van der Waals surface area contributed by atoms with Crippen LogP contribution in [0.4, 0.5) is 5.82 Å². The lowest BCUT2D eigenvalue weighted by Crippen LogP contribution is -2.11. The van der Waals surface area contributed by atoms with Crippen LogP contribution in [0.1, 0.15) is 31.9 Å². The molecule has 0 saturated carbocycles. The first-order chi connectivity index (χ1) is 11.2. The first-order valence-electron chi connectivity index (χ1n) is 8.00. The van der Waals surface area contributed by atoms with Crippen LogP contribution in [0.15, 0.2) is 51.9 Å². The summed E-state index contributed by atoms with van der Waals surface area (Å²) in [6, 6.07) is 14.6. The highest BCUT2D eigenvalue weighted by Crippen LogP contribution is 2.38. The van der Waals surface area contributed by atoms with Gasteiger partial charge in [0.15, 0.2) is 5.82 Å². The monoisotopic (exact) mass is 367 g/mol. The van der Waals surface area contributed by atoms with Crippen LogP contribution >= 0.6 is 15.9 Å². The average molecular weight is 368 g/mol. The van der Waals surface area contributed by atoms with Gasteiger partial charge in [-0.3, -0.25) is 4.40 Å². The summed E-state index contributed by atoms with van der Waals surface area (Å²) in [7, 11) is 0. The number of halogens is 1. The first kappa shape index (κ1) is 14.6. The van der Waals surface area contributed by atoms with Crippen LogP contribution in [0.5, 0.6) is 0 Å². The zero-order valence-electron chi connectivity index (χ0n) is 13.2. The van der Waals surface area contributed by atoms with Gasteiger partial charge in [0.05, 0.1) is 0 Å². The Kier molecular flexibility index (Phi) is 3.57. The van der Waals surface area contributed by atoms with E-state index < -0.39 is 0 Å². The molecule has 0 bridgehead atoms. The van der Waals surface area contributed by atoms with Crippen molar-refractivity contribution in [3.05, 3.63) is 52.6 Å². The van der Waals surface area contributed by atoms with Gasteiger partial charge in [-0.25, -0.2) is 9.98 Å². The maximum atomic E-state index is 4.85. The SMILES string of the molecule is CC[C@H]1c2cccc3nc(-c4ccc(Br)cc4)c(n23)N=C[C@@H]1C. The lowest BCUT2D eigenvalue weighted by Gasteiger charge is -2.19. The van der Waals surface area contributed by atoms with Crippen molar-refractivity contribution in [2.75, 3.05) is 0 Å². The Morgan fingerprint density at radius 2 is 1.91 bits per heavy atom. The van der Waals surface area contributed by atoms with Crippen LogP contribution < -0.4 is 0 Å². The van der Waals surface area contributed by atoms with E-state index in [0.717, 1.165) is 33.6 Å². The second-order valence-electron chi connectivity index (χ2n) is 6.09. The minimum atomic E-state index is 0.420. The highest BCUT2D eigenvalue weighted by Gasteiger charge is 2.25. The normalized spacial score (nSPS) is 20.0. The van der Waals surface area contributed by atoms with E-state index in [1.165, 1.54) is 5.69 Å². The summed E-state index contributed by atoms with van der Waals surface area (Å²) in [6.45, 7) is 4.49. The average Bonchev–Trinajstić information content (AvgIpc) is 2.86. The standard InChI is InChI=1S/C19H18BrN3/c1-3-15-12(2)11-21-19-18(13-7-9-14(20)10-8-13)22-17-6-4-5-16(15)23(17)19/h4-12,15H,3H2,1-2H3/t12-,15+/m0/s1. The molecule has 4 rings (SSSR count). The van der Waals surface area contributed by atoms with Crippen molar-refractivity contribution >= 4 is 33.6 Å². The largest absolute Gasteiger partial charge is 0.281 e. The molecular weight excluding hydrogens is 350 g/mol. The number of hydrogen-bond donors (Lipinski definition) is 0. The van der Waals surface area contributed by atoms with Crippen LogP contribution in [0, 0.1) is 5.92 Å². The van der Waals surface area contributed by atoms with E-state index in [2.05, 4.69) is 70.7 Å². The molecule has 1 aliphatic heterocycles. The Bertz CT molecular complexity index is 893. The Labute approximate surface area is 144 Å². The van der Waals surface area contributed by atoms with E-state index in [9.17, 15) is 0 Å². The van der Waals surface area contributed by atoms with Gasteiger partial charge in [0.2, 0.25) is 0 Å². The van der Waals surface area contributed by atoms with Crippen molar-refractivity contribution in [1.29, 1.82) is 0 Å². The van der Waals surface area contributed by atoms with Gasteiger partial charge >= 0.3 is 0 Å². The summed E-state index contributed by atoms with van der Waals surface area (Å²) in [6.07, 6.45) is 3.18. The fourth-order valence-corrected chi connectivity index (χ4v) is 3.72. The minimum absolute atomic E-state index is 0.420. The second kappa shape index (κ2) is 5.60. The number of imidazole rings is 1. The summed E-state index contributed by atoms with van der Waals surface area (Å²) in [5, 5.41) is 0. The number of pyridine rings is 1. The van der Waals surface area contributed by atoms with Gasteiger partial charge in [0, 0.05) is 27.9 Å².